The lowest BCUT2D eigenvalue weighted by atomic mass is 9.74. The summed E-state index contributed by atoms with van der Waals surface area (Å²) in [5, 5.41) is 0. The highest BCUT2D eigenvalue weighted by atomic mass is 32.2. The van der Waals surface area contributed by atoms with Crippen molar-refractivity contribution in [1.29, 1.82) is 0 Å². The van der Waals surface area contributed by atoms with Crippen molar-refractivity contribution in [2.75, 3.05) is 19.6 Å². The van der Waals surface area contributed by atoms with Crippen molar-refractivity contribution in [2.24, 2.45) is 5.41 Å². The van der Waals surface area contributed by atoms with Gasteiger partial charge in [0.2, 0.25) is 15.9 Å². The van der Waals surface area contributed by atoms with E-state index in [1.54, 1.807) is 16.4 Å². The number of carbonyl (C=O) groups excluding carboxylic acids is 1. The second kappa shape index (κ2) is 6.72. The number of sulfonamides is 1. The SMILES string of the molecule is Cc1ccc(S(=O)(=O)N2CCCC3(CCC(=O)N(C(C)C)C3)C2)cc1. The lowest BCUT2D eigenvalue weighted by Crippen LogP contribution is -2.56. The first kappa shape index (κ1) is 18.4. The third-order valence-corrected chi connectivity index (χ3v) is 7.46. The molecule has 1 aromatic rings. The van der Waals surface area contributed by atoms with Crippen LogP contribution in [0.2, 0.25) is 0 Å². The first-order chi connectivity index (χ1) is 11.7. The van der Waals surface area contributed by atoms with Gasteiger partial charge in [0.1, 0.15) is 0 Å². The van der Waals surface area contributed by atoms with Gasteiger partial charge in [-0.2, -0.15) is 4.31 Å². The first-order valence-corrected chi connectivity index (χ1v) is 10.5. The molecule has 0 saturated carbocycles. The molecule has 0 radical (unpaired) electrons. The molecule has 0 N–H and O–H groups in total. The van der Waals surface area contributed by atoms with Crippen molar-refractivity contribution in [2.45, 2.75) is 57.4 Å². The third kappa shape index (κ3) is 3.60. The number of likely N-dealkylation sites (tertiary alicyclic amines) is 1. The van der Waals surface area contributed by atoms with Gasteiger partial charge in [0.25, 0.3) is 0 Å². The number of nitrogens with zero attached hydrogens (tertiary/aromatic N) is 2. The molecule has 5 nitrogen and oxygen atoms in total. The summed E-state index contributed by atoms with van der Waals surface area (Å²) in [7, 11) is -3.48. The second-order valence-electron chi connectivity index (χ2n) is 7.87. The number of aryl methyl sites for hydroxylation is 1. The molecule has 2 aliphatic rings. The topological polar surface area (TPSA) is 57.7 Å². The maximum Gasteiger partial charge on any atom is 0.243 e. The molecular formula is C19H28N2O3S. The van der Waals surface area contributed by atoms with Gasteiger partial charge < -0.3 is 4.90 Å². The van der Waals surface area contributed by atoms with Crippen LogP contribution in [-0.2, 0) is 14.8 Å². The van der Waals surface area contributed by atoms with Crippen LogP contribution in [-0.4, -0.2) is 49.2 Å². The molecule has 1 atom stereocenters. The van der Waals surface area contributed by atoms with E-state index < -0.39 is 10.0 Å². The molecule has 0 aliphatic carbocycles. The van der Waals surface area contributed by atoms with Crippen LogP contribution in [0.15, 0.2) is 29.2 Å². The number of carbonyl (C=O) groups is 1. The smallest absolute Gasteiger partial charge is 0.243 e. The molecule has 1 unspecified atom stereocenters. The Morgan fingerprint density at radius 1 is 1.08 bits per heavy atom. The minimum Gasteiger partial charge on any atom is -0.340 e. The maximum absolute atomic E-state index is 13.0. The summed E-state index contributed by atoms with van der Waals surface area (Å²) in [4.78, 5) is 14.5. The van der Waals surface area contributed by atoms with Crippen molar-refractivity contribution in [1.82, 2.24) is 9.21 Å². The van der Waals surface area contributed by atoms with Gasteiger partial charge in [0.15, 0.2) is 0 Å². The predicted octanol–water partition coefficient (Wildman–Crippen LogP) is 2.80. The van der Waals surface area contributed by atoms with Gasteiger partial charge in [-0.3, -0.25) is 4.79 Å². The fourth-order valence-corrected chi connectivity index (χ4v) is 5.67. The molecule has 2 heterocycles. The molecule has 3 rings (SSSR count). The van der Waals surface area contributed by atoms with Crippen LogP contribution in [0, 0.1) is 12.3 Å². The minimum atomic E-state index is -3.48. The average molecular weight is 365 g/mol. The van der Waals surface area contributed by atoms with E-state index in [2.05, 4.69) is 0 Å². The maximum atomic E-state index is 13.0. The van der Waals surface area contributed by atoms with E-state index in [1.807, 2.05) is 37.8 Å². The monoisotopic (exact) mass is 364 g/mol. The number of piperidine rings is 2. The molecule has 138 valence electrons. The van der Waals surface area contributed by atoms with Crippen LogP contribution in [0.1, 0.15) is 45.1 Å². The summed E-state index contributed by atoms with van der Waals surface area (Å²) in [6, 6.07) is 7.22. The zero-order chi connectivity index (χ0) is 18.2. The quantitative estimate of drug-likeness (QED) is 0.829. The van der Waals surface area contributed by atoms with Gasteiger partial charge in [-0.25, -0.2) is 8.42 Å². The zero-order valence-corrected chi connectivity index (χ0v) is 16.2. The molecule has 2 fully saturated rings. The highest BCUT2D eigenvalue weighted by Gasteiger charge is 2.44. The lowest BCUT2D eigenvalue weighted by Gasteiger charge is -2.48. The summed E-state index contributed by atoms with van der Waals surface area (Å²) in [6.45, 7) is 7.75. The van der Waals surface area contributed by atoms with Crippen molar-refractivity contribution >= 4 is 15.9 Å². The van der Waals surface area contributed by atoms with Crippen molar-refractivity contribution in [3.05, 3.63) is 29.8 Å². The molecule has 6 heteroatoms. The van der Waals surface area contributed by atoms with E-state index in [9.17, 15) is 13.2 Å². The third-order valence-electron chi connectivity index (χ3n) is 5.60. The molecule has 2 saturated heterocycles. The summed E-state index contributed by atoms with van der Waals surface area (Å²) >= 11 is 0. The van der Waals surface area contributed by atoms with Gasteiger partial charge in [-0.05, 0) is 52.2 Å². The van der Waals surface area contributed by atoms with Gasteiger partial charge in [0, 0.05) is 37.5 Å². The second-order valence-corrected chi connectivity index (χ2v) is 9.81. The first-order valence-electron chi connectivity index (χ1n) is 9.10. The van der Waals surface area contributed by atoms with E-state index in [0.29, 0.717) is 31.0 Å². The molecule has 1 aromatic carbocycles. The van der Waals surface area contributed by atoms with Crippen LogP contribution < -0.4 is 0 Å². The Morgan fingerprint density at radius 3 is 2.40 bits per heavy atom. The lowest BCUT2D eigenvalue weighted by molar-refractivity contribution is -0.140. The zero-order valence-electron chi connectivity index (χ0n) is 15.4. The Bertz CT molecular complexity index is 742. The molecule has 1 amide bonds. The van der Waals surface area contributed by atoms with Gasteiger partial charge in [0.05, 0.1) is 4.90 Å². The van der Waals surface area contributed by atoms with Crippen LogP contribution >= 0.6 is 0 Å². The fraction of sp³-hybridized carbons (Fsp3) is 0.632. The van der Waals surface area contributed by atoms with Gasteiger partial charge in [-0.1, -0.05) is 17.7 Å². The molecule has 0 aromatic heterocycles. The van der Waals surface area contributed by atoms with Crippen molar-refractivity contribution in [3.63, 3.8) is 0 Å². The van der Waals surface area contributed by atoms with Crippen LogP contribution in [0.4, 0.5) is 0 Å². The summed E-state index contributed by atoms with van der Waals surface area (Å²) in [5.41, 5.74) is 0.946. The molecule has 0 bridgehead atoms. The van der Waals surface area contributed by atoms with E-state index in [1.165, 1.54) is 0 Å². The largest absolute Gasteiger partial charge is 0.340 e. The van der Waals surface area contributed by atoms with E-state index in [0.717, 1.165) is 24.8 Å². The Morgan fingerprint density at radius 2 is 1.76 bits per heavy atom. The molecule has 2 aliphatic heterocycles. The Labute approximate surface area is 151 Å². The highest BCUT2D eigenvalue weighted by Crippen LogP contribution is 2.40. The highest BCUT2D eigenvalue weighted by molar-refractivity contribution is 7.89. The van der Waals surface area contributed by atoms with E-state index in [-0.39, 0.29) is 17.4 Å². The summed E-state index contributed by atoms with van der Waals surface area (Å²) in [5.74, 6) is 0.194. The Balaban J connectivity index is 1.83. The predicted molar refractivity (Wildman–Crippen MR) is 97.7 cm³/mol. The van der Waals surface area contributed by atoms with E-state index >= 15 is 0 Å². The average Bonchev–Trinajstić information content (AvgIpc) is 2.58. The molecule has 1 spiro atoms. The number of benzene rings is 1. The Hall–Kier alpha value is -1.40. The van der Waals surface area contributed by atoms with Gasteiger partial charge in [-0.15, -0.1) is 0 Å². The van der Waals surface area contributed by atoms with Crippen LogP contribution in [0.25, 0.3) is 0 Å². The summed E-state index contributed by atoms with van der Waals surface area (Å²) in [6.07, 6.45) is 3.15. The van der Waals surface area contributed by atoms with Crippen molar-refractivity contribution in [3.8, 4) is 0 Å². The fourth-order valence-electron chi connectivity index (χ4n) is 4.08. The van der Waals surface area contributed by atoms with Crippen LogP contribution in [0.5, 0.6) is 0 Å². The van der Waals surface area contributed by atoms with E-state index in [4.69, 9.17) is 0 Å². The summed E-state index contributed by atoms with van der Waals surface area (Å²) < 4.78 is 27.7. The molecule has 25 heavy (non-hydrogen) atoms. The van der Waals surface area contributed by atoms with Gasteiger partial charge >= 0.3 is 0 Å². The number of hydrogen-bond acceptors (Lipinski definition) is 3. The normalized spacial score (nSPS) is 25.8. The number of rotatable bonds is 3. The van der Waals surface area contributed by atoms with Crippen molar-refractivity contribution < 1.29 is 13.2 Å². The standard InChI is InChI=1S/C19H28N2O3S/c1-15(2)21-14-19(11-9-18(21)22)10-4-12-20(13-19)25(23,24)17-7-5-16(3)6-8-17/h5-8,15H,4,9-14H2,1-3H3. The number of hydrogen-bond donors (Lipinski definition) is 0. The molecular weight excluding hydrogens is 336 g/mol. The minimum absolute atomic E-state index is 0.103. The number of amides is 1. The van der Waals surface area contributed by atoms with Crippen LogP contribution in [0.3, 0.4) is 0 Å². The Kier molecular flexibility index (Phi) is 4.95.